The first-order valence-corrected chi connectivity index (χ1v) is 6.97. The quantitative estimate of drug-likeness (QED) is 0.814. The van der Waals surface area contributed by atoms with E-state index in [1.165, 1.54) is 12.1 Å². The topological polar surface area (TPSA) is 84.3 Å². The van der Waals surface area contributed by atoms with Gasteiger partial charge in [-0.25, -0.2) is 4.79 Å². The second-order valence-electron chi connectivity index (χ2n) is 3.70. The van der Waals surface area contributed by atoms with Gasteiger partial charge in [-0.15, -0.1) is 10.2 Å². The van der Waals surface area contributed by atoms with Crippen molar-refractivity contribution in [1.82, 2.24) is 10.2 Å². The summed E-state index contributed by atoms with van der Waals surface area (Å²) in [7, 11) is 1.57. The molecule has 2 N–H and O–H groups in total. The number of aromatic nitrogens is 2. The van der Waals surface area contributed by atoms with Crippen molar-refractivity contribution in [2.45, 2.75) is 0 Å². The van der Waals surface area contributed by atoms with Crippen molar-refractivity contribution in [1.29, 1.82) is 0 Å². The molecule has 6 nitrogen and oxygen atoms in total. The Kier molecular flexibility index (Phi) is 4.56. The van der Waals surface area contributed by atoms with Crippen LogP contribution >= 0.6 is 31.9 Å². The fourth-order valence-corrected chi connectivity index (χ4v) is 2.69. The van der Waals surface area contributed by atoms with E-state index in [1.54, 1.807) is 13.2 Å². The number of nitrogens with one attached hydrogen (secondary N) is 1. The molecule has 1 aromatic carbocycles. The number of ether oxygens (including phenoxy) is 1. The molecule has 1 aromatic heterocycles. The number of anilines is 2. The maximum absolute atomic E-state index is 10.7. The second-order valence-corrected chi connectivity index (χ2v) is 5.41. The third-order valence-corrected chi connectivity index (χ3v) is 3.66. The van der Waals surface area contributed by atoms with E-state index in [0.29, 0.717) is 11.6 Å². The lowest BCUT2D eigenvalue weighted by Gasteiger charge is -2.11. The summed E-state index contributed by atoms with van der Waals surface area (Å²) >= 11 is 6.79. The van der Waals surface area contributed by atoms with Gasteiger partial charge in [0.05, 0.1) is 17.3 Å². The van der Waals surface area contributed by atoms with Gasteiger partial charge >= 0.3 is 5.97 Å². The standard InChI is InChI=1S/C12H9Br2N3O3/c1-20-10-5-9(6(13)4-7(10)14)15-11-3-2-8(12(18)19)16-17-11/h2-5H,1H3,(H,15,17)(H,18,19). The summed E-state index contributed by atoms with van der Waals surface area (Å²) in [5, 5.41) is 19.2. The highest BCUT2D eigenvalue weighted by molar-refractivity contribution is 9.11. The highest BCUT2D eigenvalue weighted by Gasteiger charge is 2.09. The highest BCUT2D eigenvalue weighted by Crippen LogP contribution is 2.35. The largest absolute Gasteiger partial charge is 0.495 e. The maximum Gasteiger partial charge on any atom is 0.356 e. The average Bonchev–Trinajstić information content (AvgIpc) is 2.42. The number of carboxylic acid groups (broad SMARTS) is 1. The first kappa shape index (κ1) is 14.7. The Balaban J connectivity index is 2.27. The number of halogens is 2. The zero-order valence-electron chi connectivity index (χ0n) is 10.2. The molecule has 0 saturated carbocycles. The fraction of sp³-hybridized carbons (Fsp3) is 0.0833. The average molecular weight is 403 g/mol. The lowest BCUT2D eigenvalue weighted by molar-refractivity contribution is 0.0689. The minimum Gasteiger partial charge on any atom is -0.495 e. The molecule has 0 fully saturated rings. The monoisotopic (exact) mass is 401 g/mol. The number of rotatable bonds is 4. The third-order valence-electron chi connectivity index (χ3n) is 2.39. The van der Waals surface area contributed by atoms with Gasteiger partial charge in [-0.2, -0.15) is 0 Å². The first-order valence-electron chi connectivity index (χ1n) is 5.38. The molecule has 2 rings (SSSR count). The van der Waals surface area contributed by atoms with Crippen molar-refractivity contribution in [3.63, 3.8) is 0 Å². The summed E-state index contributed by atoms with van der Waals surface area (Å²) in [5.74, 6) is -0.0265. The van der Waals surface area contributed by atoms with Crippen LogP contribution in [0.2, 0.25) is 0 Å². The Morgan fingerprint density at radius 2 is 2.00 bits per heavy atom. The molecule has 0 bridgehead atoms. The zero-order chi connectivity index (χ0) is 14.7. The van der Waals surface area contributed by atoms with Crippen LogP contribution in [0.25, 0.3) is 0 Å². The summed E-state index contributed by atoms with van der Waals surface area (Å²) in [6, 6.07) is 6.53. The number of hydrogen-bond donors (Lipinski definition) is 2. The van der Waals surface area contributed by atoms with Gasteiger partial charge < -0.3 is 15.2 Å². The number of carboxylic acids is 1. The highest BCUT2D eigenvalue weighted by atomic mass is 79.9. The molecular formula is C12H9Br2N3O3. The Hall–Kier alpha value is -1.67. The van der Waals surface area contributed by atoms with E-state index in [-0.39, 0.29) is 5.69 Å². The van der Waals surface area contributed by atoms with Gasteiger partial charge in [-0.3, -0.25) is 0 Å². The van der Waals surface area contributed by atoms with Crippen LogP contribution in [0.4, 0.5) is 11.5 Å². The zero-order valence-corrected chi connectivity index (χ0v) is 13.4. The van der Waals surface area contributed by atoms with Gasteiger partial charge in [0.25, 0.3) is 0 Å². The summed E-state index contributed by atoms with van der Waals surface area (Å²) in [5.41, 5.74) is 0.616. The number of methoxy groups -OCH3 is 1. The molecule has 104 valence electrons. The maximum atomic E-state index is 10.7. The number of carbonyl (C=O) groups is 1. The van der Waals surface area contributed by atoms with E-state index in [9.17, 15) is 4.79 Å². The third kappa shape index (κ3) is 3.26. The molecule has 0 spiro atoms. The van der Waals surface area contributed by atoms with E-state index in [0.717, 1.165) is 14.6 Å². The van der Waals surface area contributed by atoms with E-state index >= 15 is 0 Å². The molecule has 20 heavy (non-hydrogen) atoms. The van der Waals surface area contributed by atoms with Crippen molar-refractivity contribution < 1.29 is 14.6 Å². The summed E-state index contributed by atoms with van der Waals surface area (Å²) in [4.78, 5) is 10.7. The van der Waals surface area contributed by atoms with Crippen LogP contribution in [0.15, 0.2) is 33.2 Å². The molecule has 0 aliphatic rings. The molecule has 8 heteroatoms. The van der Waals surface area contributed by atoms with Crippen LogP contribution in [-0.2, 0) is 0 Å². The molecule has 0 aliphatic heterocycles. The smallest absolute Gasteiger partial charge is 0.356 e. The second kappa shape index (κ2) is 6.19. The van der Waals surface area contributed by atoms with Crippen LogP contribution < -0.4 is 10.1 Å². The van der Waals surface area contributed by atoms with Crippen molar-refractivity contribution in [2.24, 2.45) is 0 Å². The lowest BCUT2D eigenvalue weighted by atomic mass is 10.3. The predicted molar refractivity (Wildman–Crippen MR) is 80.7 cm³/mol. The van der Waals surface area contributed by atoms with E-state index in [1.807, 2.05) is 6.07 Å². The van der Waals surface area contributed by atoms with Crippen LogP contribution in [0.5, 0.6) is 5.75 Å². The summed E-state index contributed by atoms with van der Waals surface area (Å²) < 4.78 is 6.82. The van der Waals surface area contributed by atoms with Crippen LogP contribution in [0.1, 0.15) is 10.5 Å². The van der Waals surface area contributed by atoms with Crippen molar-refractivity contribution in [2.75, 3.05) is 12.4 Å². The van der Waals surface area contributed by atoms with Gasteiger partial charge in [0.2, 0.25) is 0 Å². The summed E-state index contributed by atoms with van der Waals surface area (Å²) in [6.45, 7) is 0. The van der Waals surface area contributed by atoms with Crippen LogP contribution in [-0.4, -0.2) is 28.4 Å². The van der Waals surface area contributed by atoms with Crippen molar-refractivity contribution in [3.8, 4) is 5.75 Å². The van der Waals surface area contributed by atoms with Gasteiger partial charge in [0.1, 0.15) is 5.75 Å². The Labute approximate surface area is 131 Å². The Morgan fingerprint density at radius 1 is 1.25 bits per heavy atom. The SMILES string of the molecule is COc1cc(Nc2ccc(C(=O)O)nn2)c(Br)cc1Br. The van der Waals surface area contributed by atoms with Gasteiger partial charge in [-0.1, -0.05) is 0 Å². The van der Waals surface area contributed by atoms with Crippen LogP contribution in [0.3, 0.4) is 0 Å². The molecule has 0 radical (unpaired) electrons. The number of nitrogens with zero attached hydrogens (tertiary/aromatic N) is 2. The number of hydrogen-bond acceptors (Lipinski definition) is 5. The van der Waals surface area contributed by atoms with E-state index in [2.05, 4.69) is 47.4 Å². The lowest BCUT2D eigenvalue weighted by Crippen LogP contribution is -2.04. The van der Waals surface area contributed by atoms with E-state index < -0.39 is 5.97 Å². The Bertz CT molecular complexity index is 647. The fourth-order valence-electron chi connectivity index (χ4n) is 1.43. The minimum absolute atomic E-state index is 0.108. The minimum atomic E-state index is -1.12. The number of benzene rings is 1. The first-order chi connectivity index (χ1) is 9.51. The normalized spacial score (nSPS) is 10.2. The van der Waals surface area contributed by atoms with Gasteiger partial charge in [0, 0.05) is 10.5 Å². The molecule has 0 unspecified atom stereocenters. The van der Waals surface area contributed by atoms with Crippen molar-refractivity contribution >= 4 is 49.3 Å². The molecule has 0 atom stereocenters. The molecule has 0 saturated heterocycles. The van der Waals surface area contributed by atoms with E-state index in [4.69, 9.17) is 9.84 Å². The summed E-state index contributed by atoms with van der Waals surface area (Å²) in [6.07, 6.45) is 0. The predicted octanol–water partition coefficient (Wildman–Crippen LogP) is 3.45. The molecular weight excluding hydrogens is 394 g/mol. The molecule has 2 aromatic rings. The van der Waals surface area contributed by atoms with Gasteiger partial charge in [-0.05, 0) is 50.1 Å². The Morgan fingerprint density at radius 3 is 2.55 bits per heavy atom. The van der Waals surface area contributed by atoms with Crippen LogP contribution in [0, 0.1) is 0 Å². The number of aromatic carboxylic acids is 1. The van der Waals surface area contributed by atoms with Crippen molar-refractivity contribution in [3.05, 3.63) is 38.9 Å². The van der Waals surface area contributed by atoms with Gasteiger partial charge in [0.15, 0.2) is 11.5 Å². The molecule has 1 heterocycles. The molecule has 0 aliphatic carbocycles. The molecule has 0 amide bonds.